The van der Waals surface area contributed by atoms with E-state index < -0.39 is 17.9 Å². The number of hydrogen-bond donors (Lipinski definition) is 0. The van der Waals surface area contributed by atoms with Crippen molar-refractivity contribution >= 4 is 0 Å². The fourth-order valence-corrected chi connectivity index (χ4v) is 2.29. The van der Waals surface area contributed by atoms with E-state index in [9.17, 15) is 17.6 Å². The monoisotopic (exact) mass is 310 g/mol. The summed E-state index contributed by atoms with van der Waals surface area (Å²) in [6.45, 7) is 0.308. The molecule has 1 aromatic heterocycles. The van der Waals surface area contributed by atoms with E-state index in [-0.39, 0.29) is 11.7 Å². The Balaban J connectivity index is 1.86. The van der Waals surface area contributed by atoms with Crippen LogP contribution in [0.25, 0.3) is 0 Å². The van der Waals surface area contributed by atoms with Gasteiger partial charge in [-0.15, -0.1) is 0 Å². The van der Waals surface area contributed by atoms with E-state index in [2.05, 4.69) is 20.2 Å². The molecule has 3 rings (SSSR count). The molecule has 2 unspecified atom stereocenters. The van der Waals surface area contributed by atoms with Crippen molar-refractivity contribution in [3.05, 3.63) is 59.4 Å². The molecule has 0 saturated carbocycles. The first-order chi connectivity index (χ1) is 10.4. The Labute approximate surface area is 122 Å². The smallest absolute Gasteiger partial charge is 0.257 e. The van der Waals surface area contributed by atoms with Crippen molar-refractivity contribution in [2.24, 2.45) is 10.2 Å². The number of halogens is 4. The molecule has 1 aliphatic heterocycles. The minimum Gasteiger partial charge on any atom is -0.257 e. The summed E-state index contributed by atoms with van der Waals surface area (Å²) in [6.07, 6.45) is -2.72. The average molecular weight is 310 g/mol. The van der Waals surface area contributed by atoms with Gasteiger partial charge in [0.2, 0.25) is 0 Å². The van der Waals surface area contributed by atoms with Crippen LogP contribution in [0.3, 0.4) is 0 Å². The first-order valence-electron chi connectivity index (χ1n) is 6.46. The highest BCUT2D eigenvalue weighted by molar-refractivity contribution is 5.26. The van der Waals surface area contributed by atoms with Gasteiger partial charge in [-0.25, -0.2) is 9.37 Å². The third-order valence-corrected chi connectivity index (χ3v) is 3.42. The number of nitrogens with zero attached hydrogens (tertiary/aromatic N) is 4. The zero-order chi connectivity index (χ0) is 15.7. The van der Waals surface area contributed by atoms with Gasteiger partial charge >= 0.3 is 6.18 Å². The van der Waals surface area contributed by atoms with Crippen molar-refractivity contribution < 1.29 is 17.6 Å². The normalized spacial score (nSPS) is 21.3. The van der Waals surface area contributed by atoms with E-state index >= 15 is 0 Å². The fourth-order valence-electron chi connectivity index (χ4n) is 2.29. The Bertz CT molecular complexity index is 679. The average Bonchev–Trinajstić information content (AvgIpc) is 2.97. The van der Waals surface area contributed by atoms with Crippen molar-refractivity contribution in [1.29, 1.82) is 0 Å². The van der Waals surface area contributed by atoms with Crippen LogP contribution in [0.4, 0.5) is 17.6 Å². The summed E-state index contributed by atoms with van der Waals surface area (Å²) in [5.41, 5.74) is 0.0723. The third-order valence-electron chi connectivity index (χ3n) is 3.42. The van der Waals surface area contributed by atoms with E-state index in [1.807, 2.05) is 0 Å². The molecule has 1 aromatic carbocycles. The molecule has 0 saturated heterocycles. The molecule has 114 valence electrons. The highest BCUT2D eigenvalue weighted by Crippen LogP contribution is 2.38. The topological polar surface area (TPSA) is 50.5 Å². The highest BCUT2D eigenvalue weighted by Gasteiger charge is 2.34. The molecule has 0 aliphatic carbocycles. The number of aromatic nitrogens is 2. The summed E-state index contributed by atoms with van der Waals surface area (Å²) in [7, 11) is 0. The van der Waals surface area contributed by atoms with Crippen LogP contribution in [0.2, 0.25) is 0 Å². The first-order valence-corrected chi connectivity index (χ1v) is 6.46. The predicted molar refractivity (Wildman–Crippen MR) is 68.6 cm³/mol. The molecule has 22 heavy (non-hydrogen) atoms. The van der Waals surface area contributed by atoms with Gasteiger partial charge in [0.25, 0.3) is 0 Å². The first kappa shape index (κ1) is 14.6. The Morgan fingerprint density at radius 2 is 1.73 bits per heavy atom. The number of hydrogen-bond acceptors (Lipinski definition) is 4. The van der Waals surface area contributed by atoms with Crippen molar-refractivity contribution in [1.82, 2.24) is 9.97 Å². The molecule has 8 heteroatoms. The molecule has 4 nitrogen and oxygen atoms in total. The highest BCUT2D eigenvalue weighted by atomic mass is 19.4. The van der Waals surface area contributed by atoms with Crippen molar-refractivity contribution in [3.63, 3.8) is 0 Å². The molecule has 0 spiro atoms. The van der Waals surface area contributed by atoms with Gasteiger partial charge in [-0.2, -0.15) is 23.4 Å². The summed E-state index contributed by atoms with van der Waals surface area (Å²) in [5.74, 6) is -0.676. The van der Waals surface area contributed by atoms with Gasteiger partial charge in [-0.3, -0.25) is 4.98 Å². The molecular weight excluding hydrogens is 300 g/mol. The SMILES string of the molecule is Fc1ccc(C2N=NCC2c2cnc(C(F)(F)F)cn2)cc1. The summed E-state index contributed by atoms with van der Waals surface area (Å²) in [6, 6.07) is 5.37. The van der Waals surface area contributed by atoms with Crippen LogP contribution < -0.4 is 0 Å². The molecule has 1 aliphatic rings. The Kier molecular flexibility index (Phi) is 3.59. The molecule has 0 N–H and O–H groups in total. The van der Waals surface area contributed by atoms with Crippen molar-refractivity contribution in [2.75, 3.05) is 6.54 Å². The van der Waals surface area contributed by atoms with Crippen LogP contribution in [0.1, 0.15) is 28.9 Å². The lowest BCUT2D eigenvalue weighted by molar-refractivity contribution is -0.141. The molecule has 0 bridgehead atoms. The molecule has 0 amide bonds. The zero-order valence-electron chi connectivity index (χ0n) is 11.1. The second-order valence-corrected chi connectivity index (χ2v) is 4.87. The Hall–Kier alpha value is -2.38. The maximum atomic E-state index is 13.0. The summed E-state index contributed by atoms with van der Waals surface area (Å²) in [4.78, 5) is 7.25. The van der Waals surface area contributed by atoms with Gasteiger partial charge < -0.3 is 0 Å². The van der Waals surface area contributed by atoms with Crippen LogP contribution in [-0.2, 0) is 6.18 Å². The fraction of sp³-hybridized carbons (Fsp3) is 0.286. The van der Waals surface area contributed by atoms with Crippen LogP contribution in [0, 0.1) is 5.82 Å². The second-order valence-electron chi connectivity index (χ2n) is 4.87. The van der Waals surface area contributed by atoms with Gasteiger partial charge in [0.15, 0.2) is 5.69 Å². The number of rotatable bonds is 2. The summed E-state index contributed by atoms with van der Waals surface area (Å²) in [5, 5.41) is 8.01. The standard InChI is InChI=1S/C14H10F4N4/c15-9-3-1-8(2-4-9)13-10(5-21-22-13)11-6-20-12(7-19-11)14(16,17)18/h1-4,6-7,10,13H,5H2. The Morgan fingerprint density at radius 1 is 1.00 bits per heavy atom. The minimum absolute atomic E-state index is 0.305. The number of azo groups is 1. The van der Waals surface area contributed by atoms with Gasteiger partial charge in [-0.1, -0.05) is 12.1 Å². The van der Waals surface area contributed by atoms with Crippen LogP contribution in [0.15, 0.2) is 46.9 Å². The molecule has 2 heterocycles. The van der Waals surface area contributed by atoms with Crippen LogP contribution in [0.5, 0.6) is 0 Å². The van der Waals surface area contributed by atoms with Crippen molar-refractivity contribution in [2.45, 2.75) is 18.1 Å². The van der Waals surface area contributed by atoms with Crippen LogP contribution >= 0.6 is 0 Å². The van der Waals surface area contributed by atoms with E-state index in [0.717, 1.165) is 11.8 Å². The van der Waals surface area contributed by atoms with Crippen molar-refractivity contribution in [3.8, 4) is 0 Å². The second kappa shape index (κ2) is 5.43. The number of benzene rings is 1. The molecule has 0 radical (unpaired) electrons. The lowest BCUT2D eigenvalue weighted by Crippen LogP contribution is -2.13. The minimum atomic E-state index is -4.52. The Morgan fingerprint density at radius 3 is 2.32 bits per heavy atom. The lowest BCUT2D eigenvalue weighted by Gasteiger charge is -2.16. The largest absolute Gasteiger partial charge is 0.434 e. The van der Waals surface area contributed by atoms with Gasteiger partial charge in [0.05, 0.1) is 24.4 Å². The predicted octanol–water partition coefficient (Wildman–Crippen LogP) is 3.93. The van der Waals surface area contributed by atoms with E-state index in [1.54, 1.807) is 12.1 Å². The third kappa shape index (κ3) is 2.81. The summed E-state index contributed by atoms with van der Waals surface area (Å²) >= 11 is 0. The van der Waals surface area contributed by atoms with Gasteiger partial charge in [0.1, 0.15) is 11.9 Å². The van der Waals surface area contributed by atoms with Gasteiger partial charge in [0, 0.05) is 6.20 Å². The molecule has 0 fully saturated rings. The zero-order valence-corrected chi connectivity index (χ0v) is 11.1. The van der Waals surface area contributed by atoms with Gasteiger partial charge in [-0.05, 0) is 17.7 Å². The summed E-state index contributed by atoms with van der Waals surface area (Å²) < 4.78 is 50.5. The van der Waals surface area contributed by atoms with E-state index in [4.69, 9.17) is 0 Å². The lowest BCUT2D eigenvalue weighted by atomic mass is 9.92. The molecule has 2 atom stereocenters. The number of alkyl halides is 3. The molecular formula is C14H10F4N4. The quantitative estimate of drug-likeness (QED) is 0.789. The van der Waals surface area contributed by atoms with E-state index in [0.29, 0.717) is 18.4 Å². The maximum absolute atomic E-state index is 13.0. The van der Waals surface area contributed by atoms with E-state index in [1.165, 1.54) is 12.1 Å². The van der Waals surface area contributed by atoms with Crippen LogP contribution in [-0.4, -0.2) is 16.5 Å². The molecule has 2 aromatic rings. The maximum Gasteiger partial charge on any atom is 0.434 e.